The molecule has 0 spiro atoms. The van der Waals surface area contributed by atoms with E-state index in [1.165, 1.54) is 22.9 Å². The van der Waals surface area contributed by atoms with Gasteiger partial charge in [-0.05, 0) is 26.3 Å². The SMILES string of the molecule is Cc1nn(CCCC(=O)Nc2nc3ccc([N+](=O)[O-])cc3s2)c(C)c1[N+](=O)[O-]. The van der Waals surface area contributed by atoms with Crippen LogP contribution in [0.4, 0.5) is 16.5 Å². The first-order valence-corrected chi connectivity index (χ1v) is 9.11. The minimum atomic E-state index is -0.485. The van der Waals surface area contributed by atoms with Gasteiger partial charge < -0.3 is 5.32 Å². The number of nitrogens with one attached hydrogen (secondary N) is 1. The predicted molar refractivity (Wildman–Crippen MR) is 102 cm³/mol. The zero-order chi connectivity index (χ0) is 20.4. The number of nitro groups is 2. The van der Waals surface area contributed by atoms with E-state index in [-0.39, 0.29) is 23.7 Å². The highest BCUT2D eigenvalue weighted by Gasteiger charge is 2.21. The number of carbonyl (C=O) groups is 1. The fraction of sp³-hybridized carbons (Fsp3) is 0.312. The van der Waals surface area contributed by atoms with Crippen molar-refractivity contribution in [2.75, 3.05) is 5.32 Å². The summed E-state index contributed by atoms with van der Waals surface area (Å²) >= 11 is 1.16. The fourth-order valence-corrected chi connectivity index (χ4v) is 3.74. The number of amides is 1. The lowest BCUT2D eigenvalue weighted by molar-refractivity contribution is -0.386. The molecule has 1 aromatic carbocycles. The van der Waals surface area contributed by atoms with Crippen molar-refractivity contribution in [3.05, 3.63) is 49.8 Å². The van der Waals surface area contributed by atoms with Gasteiger partial charge in [-0.1, -0.05) is 11.3 Å². The van der Waals surface area contributed by atoms with Crippen LogP contribution in [0.3, 0.4) is 0 Å². The lowest BCUT2D eigenvalue weighted by atomic mass is 10.3. The van der Waals surface area contributed by atoms with E-state index < -0.39 is 9.85 Å². The molecular formula is C16H16N6O5S. The van der Waals surface area contributed by atoms with Gasteiger partial charge in [0.05, 0.1) is 20.1 Å². The molecule has 0 fully saturated rings. The fourth-order valence-electron chi connectivity index (χ4n) is 2.82. The molecule has 0 aliphatic heterocycles. The normalized spacial score (nSPS) is 10.9. The molecule has 11 nitrogen and oxygen atoms in total. The van der Waals surface area contributed by atoms with Gasteiger partial charge in [0.25, 0.3) is 5.69 Å². The summed E-state index contributed by atoms with van der Waals surface area (Å²) in [4.78, 5) is 37.3. The van der Waals surface area contributed by atoms with Gasteiger partial charge in [0.15, 0.2) is 5.13 Å². The largest absolute Gasteiger partial charge is 0.312 e. The van der Waals surface area contributed by atoms with Crippen LogP contribution in [-0.2, 0) is 11.3 Å². The maximum absolute atomic E-state index is 12.1. The second kappa shape index (κ2) is 7.68. The number of benzene rings is 1. The molecule has 1 amide bonds. The molecule has 0 radical (unpaired) electrons. The predicted octanol–water partition coefficient (Wildman–Crippen LogP) is 3.34. The first-order chi connectivity index (χ1) is 13.3. The number of nitro benzene ring substituents is 1. The van der Waals surface area contributed by atoms with E-state index in [1.54, 1.807) is 13.8 Å². The first kappa shape index (κ1) is 19.4. The molecule has 2 heterocycles. The molecule has 0 saturated heterocycles. The topological polar surface area (TPSA) is 146 Å². The van der Waals surface area contributed by atoms with Crippen LogP contribution in [0.25, 0.3) is 10.2 Å². The molecule has 12 heteroatoms. The molecule has 0 atom stereocenters. The Bertz CT molecular complexity index is 1090. The van der Waals surface area contributed by atoms with Gasteiger partial charge in [0.2, 0.25) is 5.91 Å². The van der Waals surface area contributed by atoms with E-state index in [4.69, 9.17) is 0 Å². The van der Waals surface area contributed by atoms with E-state index in [1.807, 2.05) is 0 Å². The lowest BCUT2D eigenvalue weighted by Gasteiger charge is -2.04. The molecule has 0 bridgehead atoms. The minimum absolute atomic E-state index is 0.00646. The van der Waals surface area contributed by atoms with Crippen LogP contribution in [-0.4, -0.2) is 30.5 Å². The number of rotatable bonds is 7. The van der Waals surface area contributed by atoms with Crippen molar-refractivity contribution < 1.29 is 14.6 Å². The van der Waals surface area contributed by atoms with Crippen LogP contribution in [0.15, 0.2) is 18.2 Å². The van der Waals surface area contributed by atoms with Crippen LogP contribution < -0.4 is 5.32 Å². The van der Waals surface area contributed by atoms with E-state index in [0.717, 1.165) is 11.3 Å². The Balaban J connectivity index is 1.59. The van der Waals surface area contributed by atoms with E-state index in [9.17, 15) is 25.0 Å². The summed E-state index contributed by atoms with van der Waals surface area (Å²) in [6.45, 7) is 3.57. The van der Waals surface area contributed by atoms with Gasteiger partial charge in [-0.3, -0.25) is 29.7 Å². The number of carbonyl (C=O) groups excluding carboxylic acids is 1. The van der Waals surface area contributed by atoms with Crippen LogP contribution >= 0.6 is 11.3 Å². The number of aryl methyl sites for hydroxylation is 2. The van der Waals surface area contributed by atoms with Crippen LogP contribution in [0.2, 0.25) is 0 Å². The summed E-state index contributed by atoms with van der Waals surface area (Å²) in [5, 5.41) is 29.0. The summed E-state index contributed by atoms with van der Waals surface area (Å²) in [5.41, 5.74) is 1.33. The number of fused-ring (bicyclic) bond motifs is 1. The van der Waals surface area contributed by atoms with E-state index in [2.05, 4.69) is 15.4 Å². The molecule has 146 valence electrons. The van der Waals surface area contributed by atoms with Gasteiger partial charge in [0, 0.05) is 25.1 Å². The molecule has 28 heavy (non-hydrogen) atoms. The Morgan fingerprint density at radius 1 is 1.25 bits per heavy atom. The third kappa shape index (κ3) is 3.96. The zero-order valence-electron chi connectivity index (χ0n) is 15.0. The summed E-state index contributed by atoms with van der Waals surface area (Å²) in [6.07, 6.45) is 0.629. The number of anilines is 1. The first-order valence-electron chi connectivity index (χ1n) is 8.29. The zero-order valence-corrected chi connectivity index (χ0v) is 15.9. The average Bonchev–Trinajstić information content (AvgIpc) is 3.13. The smallest absolute Gasteiger partial charge is 0.302 e. The number of non-ortho nitro benzene ring substituents is 1. The molecule has 3 rings (SSSR count). The van der Waals surface area contributed by atoms with Crippen molar-refractivity contribution in [2.24, 2.45) is 0 Å². The van der Waals surface area contributed by atoms with Crippen molar-refractivity contribution in [1.82, 2.24) is 14.8 Å². The Hall–Kier alpha value is -3.41. The number of nitrogens with zero attached hydrogens (tertiary/aromatic N) is 5. The Kier molecular flexibility index (Phi) is 5.31. The van der Waals surface area contributed by atoms with Crippen molar-refractivity contribution in [3.63, 3.8) is 0 Å². The summed E-state index contributed by atoms with van der Waals surface area (Å²) in [7, 11) is 0. The number of thiazole rings is 1. The third-order valence-corrected chi connectivity index (χ3v) is 5.06. The van der Waals surface area contributed by atoms with Gasteiger partial charge >= 0.3 is 5.69 Å². The van der Waals surface area contributed by atoms with Crippen LogP contribution in [0.5, 0.6) is 0 Å². The highest BCUT2D eigenvalue weighted by Crippen LogP contribution is 2.29. The second-order valence-electron chi connectivity index (χ2n) is 6.08. The van der Waals surface area contributed by atoms with Crippen LogP contribution in [0, 0.1) is 34.1 Å². The lowest BCUT2D eigenvalue weighted by Crippen LogP contribution is -2.13. The van der Waals surface area contributed by atoms with Gasteiger partial charge in [-0.2, -0.15) is 5.10 Å². The molecule has 0 aliphatic rings. The Morgan fingerprint density at radius 2 is 2.00 bits per heavy atom. The van der Waals surface area contributed by atoms with E-state index >= 15 is 0 Å². The molecule has 2 aromatic heterocycles. The molecular weight excluding hydrogens is 388 g/mol. The maximum Gasteiger partial charge on any atom is 0.312 e. The molecule has 0 unspecified atom stereocenters. The maximum atomic E-state index is 12.1. The van der Waals surface area contributed by atoms with Crippen LogP contribution in [0.1, 0.15) is 24.2 Å². The highest BCUT2D eigenvalue weighted by atomic mass is 32.1. The minimum Gasteiger partial charge on any atom is -0.302 e. The number of hydrogen-bond acceptors (Lipinski definition) is 8. The monoisotopic (exact) mass is 404 g/mol. The number of hydrogen-bond donors (Lipinski definition) is 1. The van der Waals surface area contributed by atoms with E-state index in [0.29, 0.717) is 39.7 Å². The molecule has 1 N–H and O–H groups in total. The Labute approximate surface area is 162 Å². The summed E-state index contributed by atoms with van der Waals surface area (Å²) in [6, 6.07) is 4.31. The third-order valence-electron chi connectivity index (χ3n) is 4.13. The van der Waals surface area contributed by atoms with Crippen molar-refractivity contribution >= 4 is 44.0 Å². The van der Waals surface area contributed by atoms with Crippen molar-refractivity contribution in [1.29, 1.82) is 0 Å². The molecule has 0 saturated carbocycles. The molecule has 3 aromatic rings. The van der Waals surface area contributed by atoms with Gasteiger partial charge in [-0.25, -0.2) is 4.98 Å². The van der Waals surface area contributed by atoms with Crippen molar-refractivity contribution in [2.45, 2.75) is 33.2 Å². The average molecular weight is 404 g/mol. The van der Waals surface area contributed by atoms with Gasteiger partial charge in [0.1, 0.15) is 11.4 Å². The number of aromatic nitrogens is 3. The highest BCUT2D eigenvalue weighted by molar-refractivity contribution is 7.22. The second-order valence-corrected chi connectivity index (χ2v) is 7.11. The van der Waals surface area contributed by atoms with Gasteiger partial charge in [-0.15, -0.1) is 0 Å². The summed E-state index contributed by atoms with van der Waals surface area (Å²) < 4.78 is 2.14. The van der Waals surface area contributed by atoms with Crippen molar-refractivity contribution in [3.8, 4) is 0 Å². The standard InChI is InChI=1S/C16H16N6O5S/c1-9-15(22(26)27)10(2)20(19-9)7-3-4-14(23)18-16-17-12-6-5-11(21(24)25)8-13(12)28-16/h5-6,8H,3-4,7H2,1-2H3,(H,17,18,23). The Morgan fingerprint density at radius 3 is 2.64 bits per heavy atom. The summed E-state index contributed by atoms with van der Waals surface area (Å²) in [5.74, 6) is -0.260. The quantitative estimate of drug-likeness (QED) is 0.469. The molecule has 0 aliphatic carbocycles.